The Bertz CT molecular complexity index is 537. The summed E-state index contributed by atoms with van der Waals surface area (Å²) in [6, 6.07) is 10.1. The maximum Gasteiger partial charge on any atom is 0.101 e. The minimum absolute atomic E-state index is 0. The van der Waals surface area contributed by atoms with Gasteiger partial charge in [0.2, 0.25) is 0 Å². The topological polar surface area (TPSA) is 39.6 Å². The first-order chi connectivity index (χ1) is 10.3. The number of aliphatic hydroxyl groups is 1. The normalized spacial score (nSPS) is 16.4. The van der Waals surface area contributed by atoms with Gasteiger partial charge in [-0.1, -0.05) is 12.1 Å². The van der Waals surface area contributed by atoms with Crippen molar-refractivity contribution in [1.82, 2.24) is 14.8 Å². The van der Waals surface area contributed by atoms with E-state index in [-0.39, 0.29) is 43.3 Å². The number of hydrogen-bond acceptors (Lipinski definition) is 5. The molecule has 0 aromatic carbocycles. The van der Waals surface area contributed by atoms with Crippen LogP contribution in [0.1, 0.15) is 16.7 Å². The lowest BCUT2D eigenvalue weighted by molar-refractivity contribution is 0.0712. The summed E-state index contributed by atoms with van der Waals surface area (Å²) in [6.07, 6.45) is 1.50. The zero-order valence-electron chi connectivity index (χ0n) is 13.3. The zero-order valence-corrected chi connectivity index (χ0v) is 16.5. The molecule has 1 unspecified atom stereocenters. The van der Waals surface area contributed by atoms with Crippen LogP contribution in [0.25, 0.3) is 0 Å². The summed E-state index contributed by atoms with van der Waals surface area (Å²) in [4.78, 5) is 10.2. The summed E-state index contributed by atoms with van der Waals surface area (Å²) < 4.78 is 0. The molecule has 1 saturated heterocycles. The van der Waals surface area contributed by atoms with Gasteiger partial charge in [-0.15, -0.1) is 48.6 Å². The SMILES string of the molecule is Cl.Cl.Cl.OC(CN1CCN(Cc2ccccn2)CC1)c1cccs1. The highest BCUT2D eigenvalue weighted by atomic mass is 35.5. The number of rotatable bonds is 5. The van der Waals surface area contributed by atoms with Crippen LogP contribution in [-0.2, 0) is 6.54 Å². The molecule has 0 saturated carbocycles. The van der Waals surface area contributed by atoms with Gasteiger partial charge in [-0.3, -0.25) is 14.8 Å². The molecule has 4 nitrogen and oxygen atoms in total. The Morgan fingerprint density at radius 2 is 1.71 bits per heavy atom. The quantitative estimate of drug-likeness (QED) is 0.818. The summed E-state index contributed by atoms with van der Waals surface area (Å²) in [7, 11) is 0. The van der Waals surface area contributed by atoms with Gasteiger partial charge in [0.1, 0.15) is 6.10 Å². The van der Waals surface area contributed by atoms with Crippen molar-refractivity contribution in [2.24, 2.45) is 0 Å². The summed E-state index contributed by atoms with van der Waals surface area (Å²) >= 11 is 1.63. The largest absolute Gasteiger partial charge is 0.386 e. The Morgan fingerprint density at radius 1 is 1.00 bits per heavy atom. The number of nitrogens with zero attached hydrogens (tertiary/aromatic N) is 3. The molecule has 0 spiro atoms. The van der Waals surface area contributed by atoms with Gasteiger partial charge in [-0.05, 0) is 23.6 Å². The molecule has 1 N–H and O–H groups in total. The van der Waals surface area contributed by atoms with Crippen LogP contribution in [-0.4, -0.2) is 52.6 Å². The number of aromatic nitrogens is 1. The minimum atomic E-state index is -0.354. The highest BCUT2D eigenvalue weighted by molar-refractivity contribution is 7.10. The van der Waals surface area contributed by atoms with E-state index in [1.165, 1.54) is 0 Å². The van der Waals surface area contributed by atoms with E-state index in [9.17, 15) is 5.11 Å². The van der Waals surface area contributed by atoms with Crippen LogP contribution in [0.4, 0.5) is 0 Å². The van der Waals surface area contributed by atoms with Crippen molar-refractivity contribution in [2.75, 3.05) is 32.7 Å². The van der Waals surface area contributed by atoms with E-state index in [4.69, 9.17) is 0 Å². The standard InChI is InChI=1S/C16H21N3OS.3ClH/c20-15(16-5-3-11-21-16)13-19-9-7-18(8-10-19)12-14-4-1-2-6-17-14;;;/h1-6,11,15,20H,7-10,12-13H2;3*1H. The van der Waals surface area contributed by atoms with E-state index >= 15 is 0 Å². The van der Waals surface area contributed by atoms with Crippen molar-refractivity contribution in [3.05, 3.63) is 52.5 Å². The average molecular weight is 413 g/mol. The van der Waals surface area contributed by atoms with Crippen LogP contribution in [0, 0.1) is 0 Å². The molecule has 1 fully saturated rings. The van der Waals surface area contributed by atoms with E-state index < -0.39 is 0 Å². The zero-order chi connectivity index (χ0) is 14.5. The van der Waals surface area contributed by atoms with Gasteiger partial charge in [-0.2, -0.15) is 0 Å². The minimum Gasteiger partial charge on any atom is -0.386 e. The monoisotopic (exact) mass is 411 g/mol. The lowest BCUT2D eigenvalue weighted by atomic mass is 10.2. The molecule has 3 heterocycles. The second kappa shape index (κ2) is 12.0. The molecule has 2 aromatic heterocycles. The van der Waals surface area contributed by atoms with Crippen LogP contribution in [0.5, 0.6) is 0 Å². The second-order valence-corrected chi connectivity index (χ2v) is 6.41. The van der Waals surface area contributed by atoms with Crippen LogP contribution in [0.2, 0.25) is 0 Å². The van der Waals surface area contributed by atoms with E-state index in [2.05, 4.69) is 20.9 Å². The fourth-order valence-corrected chi connectivity index (χ4v) is 3.37. The molecule has 0 aliphatic carbocycles. The average Bonchev–Trinajstić information content (AvgIpc) is 3.05. The number of piperazine rings is 1. The molecule has 0 amide bonds. The van der Waals surface area contributed by atoms with E-state index in [1.807, 2.05) is 35.8 Å². The van der Waals surface area contributed by atoms with Gasteiger partial charge < -0.3 is 5.11 Å². The Labute approximate surface area is 166 Å². The number of aliphatic hydroxyl groups excluding tert-OH is 1. The van der Waals surface area contributed by atoms with Gasteiger partial charge in [0.05, 0.1) is 5.69 Å². The molecule has 136 valence electrons. The number of halogens is 3. The number of thiophene rings is 1. The van der Waals surface area contributed by atoms with Gasteiger partial charge in [0, 0.05) is 50.3 Å². The number of pyridine rings is 1. The third-order valence-corrected chi connectivity index (χ3v) is 4.85. The molecule has 24 heavy (non-hydrogen) atoms. The van der Waals surface area contributed by atoms with Gasteiger partial charge in [0.25, 0.3) is 0 Å². The highest BCUT2D eigenvalue weighted by Gasteiger charge is 2.20. The molecular weight excluding hydrogens is 389 g/mol. The molecule has 2 aromatic rings. The van der Waals surface area contributed by atoms with E-state index in [1.54, 1.807) is 11.3 Å². The van der Waals surface area contributed by atoms with Crippen molar-refractivity contribution in [3.63, 3.8) is 0 Å². The van der Waals surface area contributed by atoms with Crippen molar-refractivity contribution >= 4 is 48.6 Å². The number of hydrogen-bond donors (Lipinski definition) is 1. The van der Waals surface area contributed by atoms with Gasteiger partial charge in [-0.25, -0.2) is 0 Å². The molecule has 0 radical (unpaired) electrons. The lowest BCUT2D eigenvalue weighted by Crippen LogP contribution is -2.47. The molecule has 3 rings (SSSR count). The molecule has 1 atom stereocenters. The Morgan fingerprint density at radius 3 is 2.29 bits per heavy atom. The Balaban J connectivity index is 0.00000176. The third kappa shape index (κ3) is 6.84. The van der Waals surface area contributed by atoms with Crippen molar-refractivity contribution in [2.45, 2.75) is 12.6 Å². The highest BCUT2D eigenvalue weighted by Crippen LogP contribution is 2.20. The maximum atomic E-state index is 10.2. The summed E-state index contributed by atoms with van der Waals surface area (Å²) in [6.45, 7) is 5.74. The predicted octanol–water partition coefficient (Wildman–Crippen LogP) is 3.26. The fourth-order valence-electron chi connectivity index (χ4n) is 2.67. The van der Waals surface area contributed by atoms with E-state index in [0.717, 1.165) is 49.8 Å². The molecule has 0 bridgehead atoms. The Kier molecular flexibility index (Phi) is 11.8. The van der Waals surface area contributed by atoms with Gasteiger partial charge in [0.15, 0.2) is 0 Å². The molecule has 1 aliphatic heterocycles. The van der Waals surface area contributed by atoms with E-state index in [0.29, 0.717) is 0 Å². The van der Waals surface area contributed by atoms with Crippen molar-refractivity contribution in [1.29, 1.82) is 0 Å². The summed E-state index contributed by atoms with van der Waals surface area (Å²) in [5, 5.41) is 12.2. The van der Waals surface area contributed by atoms with Crippen molar-refractivity contribution < 1.29 is 5.11 Å². The van der Waals surface area contributed by atoms with Crippen molar-refractivity contribution in [3.8, 4) is 0 Å². The molecule has 8 heteroatoms. The molecule has 1 aliphatic rings. The third-order valence-electron chi connectivity index (χ3n) is 3.88. The maximum absolute atomic E-state index is 10.2. The fraction of sp³-hybridized carbons (Fsp3) is 0.438. The van der Waals surface area contributed by atoms with Crippen LogP contribution >= 0.6 is 48.6 Å². The second-order valence-electron chi connectivity index (χ2n) is 5.43. The van der Waals surface area contributed by atoms with Crippen LogP contribution < -0.4 is 0 Å². The first kappa shape index (κ1) is 23.6. The number of β-amino-alcohol motifs (C(OH)–C–C–N with tert-alkyl or cyclic N) is 1. The first-order valence-electron chi connectivity index (χ1n) is 7.37. The summed E-state index contributed by atoms with van der Waals surface area (Å²) in [5.41, 5.74) is 1.13. The smallest absolute Gasteiger partial charge is 0.101 e. The van der Waals surface area contributed by atoms with Gasteiger partial charge >= 0.3 is 0 Å². The Hall–Kier alpha value is -0.400. The van der Waals surface area contributed by atoms with Crippen LogP contribution in [0.3, 0.4) is 0 Å². The molecular formula is C16H24Cl3N3OS. The lowest BCUT2D eigenvalue weighted by Gasteiger charge is -2.35. The summed E-state index contributed by atoms with van der Waals surface area (Å²) in [5.74, 6) is 0. The van der Waals surface area contributed by atoms with Crippen LogP contribution in [0.15, 0.2) is 41.9 Å². The first-order valence-corrected chi connectivity index (χ1v) is 8.25. The predicted molar refractivity (Wildman–Crippen MR) is 107 cm³/mol.